The van der Waals surface area contributed by atoms with E-state index in [0.717, 1.165) is 38.7 Å². The number of fused-ring (bicyclic) bond motifs is 1. The van der Waals surface area contributed by atoms with Gasteiger partial charge in [-0.25, -0.2) is 0 Å². The van der Waals surface area contributed by atoms with Crippen LogP contribution in [-0.2, 0) is 14.2 Å². The van der Waals surface area contributed by atoms with Gasteiger partial charge in [0.25, 0.3) is 0 Å². The molecule has 0 aromatic rings. The fraction of sp³-hybridized carbons (Fsp3) is 0.909. The Hall–Kier alpha value is -0.460. The zero-order valence-corrected chi connectivity index (χ0v) is 16.8. The van der Waals surface area contributed by atoms with E-state index >= 15 is 0 Å². The standard InChI is InChI=1S/C22H38O5/c1-2-3-4-5-6-9-16(26-22-10-7-8-13-25-22)11-12-17-18-14-21(24)27-20(18)15-19(17)23/h11-12,16-24H,2-10,13-15H2,1H3/t16-,17+,18+,19+,20-,21?,22?/m0/s1. The van der Waals surface area contributed by atoms with Crippen LogP contribution in [0.2, 0.25) is 0 Å². The summed E-state index contributed by atoms with van der Waals surface area (Å²) in [6.07, 6.45) is 14.8. The van der Waals surface area contributed by atoms with Crippen LogP contribution in [0.3, 0.4) is 0 Å². The third kappa shape index (κ3) is 6.26. The molecule has 0 aromatic heterocycles. The maximum Gasteiger partial charge on any atom is 0.158 e. The number of aliphatic hydroxyl groups is 2. The van der Waals surface area contributed by atoms with Gasteiger partial charge in [-0.3, -0.25) is 0 Å². The van der Waals surface area contributed by atoms with Crippen LogP contribution < -0.4 is 0 Å². The topological polar surface area (TPSA) is 68.2 Å². The van der Waals surface area contributed by atoms with Crippen molar-refractivity contribution >= 4 is 0 Å². The summed E-state index contributed by atoms with van der Waals surface area (Å²) >= 11 is 0. The van der Waals surface area contributed by atoms with Gasteiger partial charge in [0.2, 0.25) is 0 Å². The Morgan fingerprint density at radius 3 is 2.74 bits per heavy atom. The first-order chi connectivity index (χ1) is 13.2. The highest BCUT2D eigenvalue weighted by atomic mass is 16.7. The minimum Gasteiger partial charge on any atom is -0.392 e. The highest BCUT2D eigenvalue weighted by molar-refractivity contribution is 5.06. The van der Waals surface area contributed by atoms with Crippen molar-refractivity contribution in [2.45, 2.75) is 108 Å². The molecular weight excluding hydrogens is 344 g/mol. The number of hydrogen-bond donors (Lipinski definition) is 2. The Labute approximate surface area is 164 Å². The molecule has 2 heterocycles. The van der Waals surface area contributed by atoms with E-state index in [4.69, 9.17) is 14.2 Å². The van der Waals surface area contributed by atoms with Crippen LogP contribution in [0.1, 0.15) is 77.6 Å². The van der Waals surface area contributed by atoms with Gasteiger partial charge in [0.05, 0.1) is 18.3 Å². The third-order valence-electron chi connectivity index (χ3n) is 6.30. The highest BCUT2D eigenvalue weighted by Crippen LogP contribution is 2.43. The molecule has 0 amide bonds. The summed E-state index contributed by atoms with van der Waals surface area (Å²) < 4.78 is 17.6. The molecule has 2 aliphatic heterocycles. The van der Waals surface area contributed by atoms with Gasteiger partial charge < -0.3 is 24.4 Å². The molecule has 5 nitrogen and oxygen atoms in total. The molecule has 2 saturated heterocycles. The molecule has 2 unspecified atom stereocenters. The van der Waals surface area contributed by atoms with Gasteiger partial charge in [-0.2, -0.15) is 0 Å². The van der Waals surface area contributed by atoms with Crippen molar-refractivity contribution in [2.75, 3.05) is 6.61 Å². The number of unbranched alkanes of at least 4 members (excludes halogenated alkanes) is 4. The molecule has 0 bridgehead atoms. The summed E-state index contributed by atoms with van der Waals surface area (Å²) in [5.74, 6) is 0.257. The molecule has 3 aliphatic rings. The van der Waals surface area contributed by atoms with Crippen LogP contribution in [0.4, 0.5) is 0 Å². The van der Waals surface area contributed by atoms with Crippen LogP contribution in [-0.4, -0.2) is 47.7 Å². The molecule has 1 saturated carbocycles. The summed E-state index contributed by atoms with van der Waals surface area (Å²) in [4.78, 5) is 0. The first-order valence-electron chi connectivity index (χ1n) is 11.1. The number of ether oxygens (including phenoxy) is 3. The summed E-state index contributed by atoms with van der Waals surface area (Å²) in [6, 6.07) is 0. The molecule has 5 heteroatoms. The van der Waals surface area contributed by atoms with E-state index < -0.39 is 6.29 Å². The van der Waals surface area contributed by atoms with Crippen molar-refractivity contribution in [3.05, 3.63) is 12.2 Å². The van der Waals surface area contributed by atoms with E-state index in [2.05, 4.69) is 19.1 Å². The van der Waals surface area contributed by atoms with Gasteiger partial charge in [0.15, 0.2) is 12.6 Å². The summed E-state index contributed by atoms with van der Waals surface area (Å²) in [6.45, 7) is 3.02. The lowest BCUT2D eigenvalue weighted by Gasteiger charge is -2.27. The van der Waals surface area contributed by atoms with Gasteiger partial charge in [0, 0.05) is 25.4 Å². The van der Waals surface area contributed by atoms with Crippen molar-refractivity contribution in [3.63, 3.8) is 0 Å². The van der Waals surface area contributed by atoms with Crippen molar-refractivity contribution < 1.29 is 24.4 Å². The lowest BCUT2D eigenvalue weighted by atomic mass is 9.91. The quantitative estimate of drug-likeness (QED) is 0.443. The van der Waals surface area contributed by atoms with Crippen LogP contribution in [0.5, 0.6) is 0 Å². The predicted molar refractivity (Wildman–Crippen MR) is 104 cm³/mol. The van der Waals surface area contributed by atoms with Crippen molar-refractivity contribution in [1.29, 1.82) is 0 Å². The monoisotopic (exact) mass is 382 g/mol. The zero-order chi connectivity index (χ0) is 19.1. The molecule has 156 valence electrons. The lowest BCUT2D eigenvalue weighted by molar-refractivity contribution is -0.179. The zero-order valence-electron chi connectivity index (χ0n) is 16.8. The van der Waals surface area contributed by atoms with E-state index in [9.17, 15) is 10.2 Å². The van der Waals surface area contributed by atoms with Crippen LogP contribution >= 0.6 is 0 Å². The van der Waals surface area contributed by atoms with Gasteiger partial charge >= 0.3 is 0 Å². The maximum absolute atomic E-state index is 10.4. The highest BCUT2D eigenvalue weighted by Gasteiger charge is 2.47. The first kappa shape index (κ1) is 21.3. The molecule has 0 radical (unpaired) electrons. The summed E-state index contributed by atoms with van der Waals surface area (Å²) in [5.41, 5.74) is 0. The number of aliphatic hydroxyl groups excluding tert-OH is 2. The van der Waals surface area contributed by atoms with Crippen molar-refractivity contribution in [3.8, 4) is 0 Å². The molecule has 0 spiro atoms. The predicted octanol–water partition coefficient (Wildman–Crippen LogP) is 3.92. The van der Waals surface area contributed by atoms with E-state index in [1.165, 1.54) is 25.7 Å². The average Bonchev–Trinajstić information content (AvgIpc) is 3.15. The first-order valence-corrected chi connectivity index (χ1v) is 11.1. The van der Waals surface area contributed by atoms with Gasteiger partial charge in [-0.1, -0.05) is 51.2 Å². The number of rotatable bonds is 10. The second-order valence-electron chi connectivity index (χ2n) is 8.47. The molecule has 3 rings (SSSR count). The van der Waals surface area contributed by atoms with Gasteiger partial charge in [0.1, 0.15) is 0 Å². The molecule has 1 aliphatic carbocycles. The smallest absolute Gasteiger partial charge is 0.158 e. The third-order valence-corrected chi connectivity index (χ3v) is 6.30. The Balaban J connectivity index is 1.54. The summed E-state index contributed by atoms with van der Waals surface area (Å²) in [7, 11) is 0. The SMILES string of the molecule is CCCCCCC[C@@H](C=C[C@@H]1[C@H]2CC(O)O[C@H]2C[C@H]1O)OC1CCCCO1. The molecule has 27 heavy (non-hydrogen) atoms. The molecule has 0 aromatic carbocycles. The Morgan fingerprint density at radius 1 is 1.11 bits per heavy atom. The normalized spacial score (nSPS) is 37.7. The van der Waals surface area contributed by atoms with Crippen LogP contribution in [0.15, 0.2) is 12.2 Å². The molecule has 7 atom stereocenters. The second kappa shape index (κ2) is 10.9. The average molecular weight is 383 g/mol. The van der Waals surface area contributed by atoms with E-state index in [-0.39, 0.29) is 36.4 Å². The molecule has 2 N–H and O–H groups in total. The lowest BCUT2D eigenvalue weighted by Crippen LogP contribution is -2.27. The largest absolute Gasteiger partial charge is 0.392 e. The minimum atomic E-state index is -0.676. The van der Waals surface area contributed by atoms with E-state index in [1.54, 1.807) is 0 Å². The van der Waals surface area contributed by atoms with Crippen LogP contribution in [0, 0.1) is 11.8 Å². The second-order valence-corrected chi connectivity index (χ2v) is 8.47. The van der Waals surface area contributed by atoms with Gasteiger partial charge in [-0.05, 0) is 31.6 Å². The Kier molecular flexibility index (Phi) is 8.59. The summed E-state index contributed by atoms with van der Waals surface area (Å²) in [5, 5.41) is 20.2. The van der Waals surface area contributed by atoms with Crippen LogP contribution in [0.25, 0.3) is 0 Å². The van der Waals surface area contributed by atoms with Gasteiger partial charge in [-0.15, -0.1) is 0 Å². The Bertz CT molecular complexity index is 448. The Morgan fingerprint density at radius 2 is 1.96 bits per heavy atom. The molecular formula is C22H38O5. The fourth-order valence-corrected chi connectivity index (χ4v) is 4.75. The molecule has 3 fully saturated rings. The minimum absolute atomic E-state index is 0.0141. The van der Waals surface area contributed by atoms with Crippen molar-refractivity contribution in [1.82, 2.24) is 0 Å². The maximum atomic E-state index is 10.4. The number of hydrogen-bond acceptors (Lipinski definition) is 5. The fourth-order valence-electron chi connectivity index (χ4n) is 4.75. The van der Waals surface area contributed by atoms with E-state index in [0.29, 0.717) is 12.8 Å². The van der Waals surface area contributed by atoms with E-state index in [1.807, 2.05) is 0 Å². The van der Waals surface area contributed by atoms with Crippen molar-refractivity contribution in [2.24, 2.45) is 11.8 Å².